The SMILES string of the molecule is Cc1ccc2nc(N(Cc3ccccn3)C(=O)c3ccc(F)cc3)sc2c1. The van der Waals surface area contributed by atoms with Gasteiger partial charge >= 0.3 is 0 Å². The fraction of sp³-hybridized carbons (Fsp3) is 0.0952. The molecule has 0 spiro atoms. The topological polar surface area (TPSA) is 46.1 Å². The standard InChI is InChI=1S/C21H16FN3OS/c1-14-5-10-18-19(12-14)27-21(24-18)25(13-17-4-2-3-11-23-17)20(26)15-6-8-16(22)9-7-15/h2-12H,13H2,1H3. The number of fused-ring (bicyclic) bond motifs is 1. The van der Waals surface area contributed by atoms with Gasteiger partial charge in [0.25, 0.3) is 5.91 Å². The quantitative estimate of drug-likeness (QED) is 0.504. The second-order valence-corrected chi connectivity index (χ2v) is 7.20. The number of anilines is 1. The molecule has 4 nitrogen and oxygen atoms in total. The van der Waals surface area contributed by atoms with Gasteiger partial charge in [-0.2, -0.15) is 0 Å². The van der Waals surface area contributed by atoms with Crippen LogP contribution in [0.1, 0.15) is 21.6 Å². The fourth-order valence-corrected chi connectivity index (χ4v) is 3.82. The van der Waals surface area contributed by atoms with Crippen LogP contribution in [-0.4, -0.2) is 15.9 Å². The number of amides is 1. The minimum absolute atomic E-state index is 0.239. The van der Waals surface area contributed by atoms with E-state index >= 15 is 0 Å². The second-order valence-electron chi connectivity index (χ2n) is 6.19. The molecule has 0 atom stereocenters. The molecule has 0 fully saturated rings. The Hall–Kier alpha value is -3.12. The summed E-state index contributed by atoms with van der Waals surface area (Å²) < 4.78 is 14.3. The molecule has 134 valence electrons. The van der Waals surface area contributed by atoms with Crippen molar-refractivity contribution in [3.8, 4) is 0 Å². The molecule has 6 heteroatoms. The number of aromatic nitrogens is 2. The molecule has 0 aliphatic carbocycles. The number of rotatable bonds is 4. The molecule has 0 saturated carbocycles. The van der Waals surface area contributed by atoms with E-state index in [-0.39, 0.29) is 18.3 Å². The third-order valence-corrected chi connectivity index (χ3v) is 5.19. The van der Waals surface area contributed by atoms with Crippen molar-refractivity contribution in [2.75, 3.05) is 4.90 Å². The lowest BCUT2D eigenvalue weighted by Crippen LogP contribution is -2.30. The molecule has 27 heavy (non-hydrogen) atoms. The van der Waals surface area contributed by atoms with Gasteiger partial charge in [-0.3, -0.25) is 14.7 Å². The van der Waals surface area contributed by atoms with Crippen LogP contribution in [-0.2, 0) is 6.54 Å². The van der Waals surface area contributed by atoms with E-state index < -0.39 is 0 Å². The summed E-state index contributed by atoms with van der Waals surface area (Å²) in [5.74, 6) is -0.616. The Morgan fingerprint density at radius 2 is 1.93 bits per heavy atom. The van der Waals surface area contributed by atoms with E-state index in [2.05, 4.69) is 16.0 Å². The lowest BCUT2D eigenvalue weighted by Gasteiger charge is -2.19. The summed E-state index contributed by atoms with van der Waals surface area (Å²) >= 11 is 1.46. The zero-order valence-electron chi connectivity index (χ0n) is 14.6. The van der Waals surface area contributed by atoms with Crippen molar-refractivity contribution in [1.82, 2.24) is 9.97 Å². The number of thiazole rings is 1. The summed E-state index contributed by atoms with van der Waals surface area (Å²) in [6, 6.07) is 17.1. The molecular weight excluding hydrogens is 361 g/mol. The highest BCUT2D eigenvalue weighted by Gasteiger charge is 2.22. The molecular formula is C21H16FN3OS. The third-order valence-electron chi connectivity index (χ3n) is 4.15. The Balaban J connectivity index is 1.76. The number of hydrogen-bond donors (Lipinski definition) is 0. The summed E-state index contributed by atoms with van der Waals surface area (Å²) in [4.78, 5) is 23.7. The first-order chi connectivity index (χ1) is 13.1. The van der Waals surface area contributed by atoms with Crippen molar-refractivity contribution in [3.63, 3.8) is 0 Å². The smallest absolute Gasteiger partial charge is 0.260 e. The molecule has 4 rings (SSSR count). The molecule has 0 unspecified atom stereocenters. The van der Waals surface area contributed by atoms with Crippen molar-refractivity contribution in [1.29, 1.82) is 0 Å². The van der Waals surface area contributed by atoms with Gasteiger partial charge in [-0.05, 0) is 61.0 Å². The molecule has 2 aromatic heterocycles. The van der Waals surface area contributed by atoms with E-state index in [4.69, 9.17) is 0 Å². The van der Waals surface area contributed by atoms with E-state index in [0.29, 0.717) is 10.7 Å². The van der Waals surface area contributed by atoms with Gasteiger partial charge in [-0.15, -0.1) is 0 Å². The third kappa shape index (κ3) is 3.71. The molecule has 1 amide bonds. The molecule has 0 saturated heterocycles. The first kappa shape index (κ1) is 17.3. The van der Waals surface area contributed by atoms with Crippen molar-refractivity contribution >= 4 is 32.6 Å². The van der Waals surface area contributed by atoms with Crippen LogP contribution in [0.25, 0.3) is 10.2 Å². The van der Waals surface area contributed by atoms with Crippen LogP contribution in [0.4, 0.5) is 9.52 Å². The van der Waals surface area contributed by atoms with E-state index in [0.717, 1.165) is 21.5 Å². The van der Waals surface area contributed by atoms with Crippen molar-refractivity contribution in [3.05, 3.63) is 89.5 Å². The average molecular weight is 377 g/mol. The van der Waals surface area contributed by atoms with Crippen LogP contribution < -0.4 is 4.90 Å². The lowest BCUT2D eigenvalue weighted by atomic mass is 10.2. The van der Waals surface area contributed by atoms with Crippen LogP contribution in [0, 0.1) is 12.7 Å². The van der Waals surface area contributed by atoms with E-state index in [1.807, 2.05) is 37.3 Å². The monoisotopic (exact) mass is 377 g/mol. The highest BCUT2D eigenvalue weighted by atomic mass is 32.1. The van der Waals surface area contributed by atoms with Crippen LogP contribution in [0.2, 0.25) is 0 Å². The largest absolute Gasteiger partial charge is 0.278 e. The van der Waals surface area contributed by atoms with Gasteiger partial charge in [0.2, 0.25) is 0 Å². The number of halogens is 1. The molecule has 2 heterocycles. The summed E-state index contributed by atoms with van der Waals surface area (Å²) in [7, 11) is 0. The van der Waals surface area contributed by atoms with Crippen LogP contribution in [0.15, 0.2) is 66.9 Å². The molecule has 0 aliphatic rings. The maximum Gasteiger partial charge on any atom is 0.260 e. The first-order valence-corrected chi connectivity index (χ1v) is 9.26. The zero-order valence-corrected chi connectivity index (χ0v) is 15.4. The van der Waals surface area contributed by atoms with Crippen molar-refractivity contribution in [2.45, 2.75) is 13.5 Å². The Bertz CT molecular complexity index is 1090. The van der Waals surface area contributed by atoms with Crippen LogP contribution >= 0.6 is 11.3 Å². The summed E-state index contributed by atoms with van der Waals surface area (Å²) in [6.45, 7) is 2.31. The number of pyridine rings is 1. The summed E-state index contributed by atoms with van der Waals surface area (Å²) in [5, 5.41) is 0.593. The van der Waals surface area contributed by atoms with E-state index in [1.165, 1.54) is 35.6 Å². The average Bonchev–Trinajstić information content (AvgIpc) is 3.10. The number of nitrogens with zero attached hydrogens (tertiary/aromatic N) is 3. The van der Waals surface area contributed by atoms with Gasteiger partial charge in [0.05, 0.1) is 22.5 Å². The highest BCUT2D eigenvalue weighted by molar-refractivity contribution is 7.22. The molecule has 4 aromatic rings. The van der Waals surface area contributed by atoms with Crippen LogP contribution in [0.5, 0.6) is 0 Å². The maximum absolute atomic E-state index is 13.3. The summed E-state index contributed by atoms with van der Waals surface area (Å²) in [6.07, 6.45) is 1.69. The van der Waals surface area contributed by atoms with Crippen LogP contribution in [0.3, 0.4) is 0 Å². The molecule has 0 N–H and O–H groups in total. The van der Waals surface area contributed by atoms with Gasteiger partial charge < -0.3 is 0 Å². The lowest BCUT2D eigenvalue weighted by molar-refractivity contribution is 0.0985. The molecule has 0 radical (unpaired) electrons. The minimum atomic E-state index is -0.377. The predicted molar refractivity (Wildman–Crippen MR) is 106 cm³/mol. The predicted octanol–water partition coefficient (Wildman–Crippen LogP) is 4.99. The van der Waals surface area contributed by atoms with Gasteiger partial charge in [0.15, 0.2) is 5.13 Å². The normalized spacial score (nSPS) is 10.9. The number of benzene rings is 2. The van der Waals surface area contributed by atoms with E-state index in [9.17, 15) is 9.18 Å². The Morgan fingerprint density at radius 1 is 1.11 bits per heavy atom. The fourth-order valence-electron chi connectivity index (χ4n) is 2.76. The number of aryl methyl sites for hydroxylation is 1. The van der Waals surface area contributed by atoms with Gasteiger partial charge in [-0.25, -0.2) is 9.37 Å². The van der Waals surface area contributed by atoms with Gasteiger partial charge in [-0.1, -0.05) is 23.5 Å². The maximum atomic E-state index is 13.3. The van der Waals surface area contributed by atoms with Gasteiger partial charge in [0, 0.05) is 11.8 Å². The second kappa shape index (κ2) is 7.25. The number of carbonyl (C=O) groups excluding carboxylic acids is 1. The Morgan fingerprint density at radius 3 is 2.67 bits per heavy atom. The summed E-state index contributed by atoms with van der Waals surface area (Å²) in [5.41, 5.74) is 3.14. The van der Waals surface area contributed by atoms with Crippen molar-refractivity contribution < 1.29 is 9.18 Å². The minimum Gasteiger partial charge on any atom is -0.278 e. The zero-order chi connectivity index (χ0) is 18.8. The Labute approximate surface area is 159 Å². The molecule has 2 aromatic carbocycles. The molecule has 0 aliphatic heterocycles. The molecule has 0 bridgehead atoms. The Kier molecular flexibility index (Phi) is 4.64. The number of carbonyl (C=O) groups is 1. The number of hydrogen-bond acceptors (Lipinski definition) is 4. The van der Waals surface area contributed by atoms with Crippen molar-refractivity contribution in [2.24, 2.45) is 0 Å². The van der Waals surface area contributed by atoms with Gasteiger partial charge in [0.1, 0.15) is 5.82 Å². The highest BCUT2D eigenvalue weighted by Crippen LogP contribution is 2.31. The first-order valence-electron chi connectivity index (χ1n) is 8.45. The van der Waals surface area contributed by atoms with E-state index in [1.54, 1.807) is 11.1 Å².